The lowest BCUT2D eigenvalue weighted by Crippen LogP contribution is -2.23. The van der Waals surface area contributed by atoms with Crippen LogP contribution in [0.25, 0.3) is 0 Å². The first-order valence-electron chi connectivity index (χ1n) is 10.5. The van der Waals surface area contributed by atoms with Crippen molar-refractivity contribution in [2.75, 3.05) is 5.32 Å². The molecule has 1 aliphatic carbocycles. The minimum Gasteiger partial charge on any atom is -0.316 e. The number of hydrogen-bond acceptors (Lipinski definition) is 6. The van der Waals surface area contributed by atoms with E-state index < -0.39 is 0 Å². The van der Waals surface area contributed by atoms with Gasteiger partial charge in [0, 0.05) is 4.88 Å². The molecule has 1 aromatic carbocycles. The Kier molecular flexibility index (Phi) is 6.73. The molecule has 1 aliphatic rings. The zero-order valence-corrected chi connectivity index (χ0v) is 19.4. The third-order valence-electron chi connectivity index (χ3n) is 5.51. The Bertz CT molecular complexity index is 1110. The Hall–Kier alpha value is -2.63. The van der Waals surface area contributed by atoms with E-state index in [1.165, 1.54) is 23.1 Å². The highest BCUT2D eigenvalue weighted by atomic mass is 32.2. The molecule has 0 aliphatic heterocycles. The Morgan fingerprint density at radius 3 is 2.81 bits per heavy atom. The molecule has 0 fully saturated rings. The van der Waals surface area contributed by atoms with Crippen LogP contribution in [-0.2, 0) is 24.2 Å². The maximum absolute atomic E-state index is 12.9. The number of aryl methyl sites for hydroxylation is 2. The monoisotopic (exact) mass is 451 g/mol. The summed E-state index contributed by atoms with van der Waals surface area (Å²) in [6, 6.07) is 12.5. The number of rotatable bonds is 6. The molecular weight excluding hydrogens is 426 g/mol. The van der Waals surface area contributed by atoms with Gasteiger partial charge in [-0.1, -0.05) is 48.5 Å². The molecule has 1 amide bonds. The summed E-state index contributed by atoms with van der Waals surface area (Å²) in [7, 11) is 0. The Balaban J connectivity index is 1.47. The van der Waals surface area contributed by atoms with Crippen molar-refractivity contribution in [3.63, 3.8) is 0 Å². The highest BCUT2D eigenvalue weighted by Crippen LogP contribution is 2.37. The molecule has 2 aromatic heterocycles. The zero-order chi connectivity index (χ0) is 21.8. The van der Waals surface area contributed by atoms with E-state index in [4.69, 9.17) is 0 Å². The molecule has 160 valence electrons. The number of amides is 1. The van der Waals surface area contributed by atoms with Gasteiger partial charge in [0.25, 0.3) is 0 Å². The quantitative estimate of drug-likeness (QED) is 0.423. The molecule has 0 saturated carbocycles. The summed E-state index contributed by atoms with van der Waals surface area (Å²) in [5, 5.41) is 22.2. The molecule has 8 heteroatoms. The van der Waals surface area contributed by atoms with Crippen molar-refractivity contribution < 1.29 is 4.79 Å². The summed E-state index contributed by atoms with van der Waals surface area (Å²) in [4.78, 5) is 14.2. The predicted molar refractivity (Wildman–Crippen MR) is 125 cm³/mol. The summed E-state index contributed by atoms with van der Waals surface area (Å²) in [5.74, 6) is 0.692. The maximum Gasteiger partial charge on any atom is 0.238 e. The van der Waals surface area contributed by atoms with E-state index in [0.29, 0.717) is 22.3 Å². The fraction of sp³-hybridized carbons (Fsp3) is 0.391. The Morgan fingerprint density at radius 2 is 2.03 bits per heavy atom. The SMILES string of the molecule is Cc1nnc(SC(C)C(=O)Nc2sc3c(c2C#N)CCCCC3)n1Cc1ccccc1. The van der Waals surface area contributed by atoms with Gasteiger partial charge >= 0.3 is 0 Å². The van der Waals surface area contributed by atoms with E-state index in [0.717, 1.165) is 42.6 Å². The number of aromatic nitrogens is 3. The lowest BCUT2D eigenvalue weighted by atomic mass is 10.1. The van der Waals surface area contributed by atoms with Gasteiger partial charge < -0.3 is 9.88 Å². The van der Waals surface area contributed by atoms with E-state index in [1.54, 1.807) is 11.3 Å². The van der Waals surface area contributed by atoms with Gasteiger partial charge in [-0.15, -0.1) is 21.5 Å². The smallest absolute Gasteiger partial charge is 0.238 e. The van der Waals surface area contributed by atoms with Crippen LogP contribution in [0.5, 0.6) is 0 Å². The summed E-state index contributed by atoms with van der Waals surface area (Å²) in [6.45, 7) is 4.44. The van der Waals surface area contributed by atoms with E-state index in [9.17, 15) is 10.1 Å². The summed E-state index contributed by atoms with van der Waals surface area (Å²) < 4.78 is 2.03. The number of nitrogens with zero attached hydrogens (tertiary/aromatic N) is 4. The molecule has 0 bridgehead atoms. The van der Waals surface area contributed by atoms with E-state index in [-0.39, 0.29) is 11.2 Å². The van der Waals surface area contributed by atoms with Crippen LogP contribution in [0.1, 0.15) is 53.6 Å². The molecule has 4 rings (SSSR count). The Labute approximate surface area is 190 Å². The fourth-order valence-electron chi connectivity index (χ4n) is 3.77. The van der Waals surface area contributed by atoms with Crippen molar-refractivity contribution in [1.82, 2.24) is 14.8 Å². The molecule has 1 N–H and O–H groups in total. The fourth-order valence-corrected chi connectivity index (χ4v) is 5.91. The second kappa shape index (κ2) is 9.67. The van der Waals surface area contributed by atoms with Crippen LogP contribution in [0.4, 0.5) is 5.00 Å². The highest BCUT2D eigenvalue weighted by molar-refractivity contribution is 8.00. The van der Waals surface area contributed by atoms with Gasteiger partial charge in [-0.05, 0) is 50.7 Å². The number of anilines is 1. The molecule has 0 saturated heterocycles. The third-order valence-corrected chi connectivity index (χ3v) is 7.79. The largest absolute Gasteiger partial charge is 0.316 e. The van der Waals surface area contributed by atoms with Gasteiger partial charge in [-0.2, -0.15) is 5.26 Å². The van der Waals surface area contributed by atoms with Crippen LogP contribution in [-0.4, -0.2) is 25.9 Å². The number of benzene rings is 1. The first-order valence-corrected chi connectivity index (χ1v) is 12.2. The van der Waals surface area contributed by atoms with E-state index in [2.05, 4.69) is 33.7 Å². The average Bonchev–Trinajstić information content (AvgIpc) is 3.17. The topological polar surface area (TPSA) is 83.6 Å². The number of hydrogen-bond donors (Lipinski definition) is 1. The number of fused-ring (bicyclic) bond motifs is 1. The predicted octanol–water partition coefficient (Wildman–Crippen LogP) is 4.96. The van der Waals surface area contributed by atoms with Crippen molar-refractivity contribution in [2.45, 2.75) is 62.9 Å². The molecule has 31 heavy (non-hydrogen) atoms. The van der Waals surface area contributed by atoms with Gasteiger partial charge in [0.15, 0.2) is 5.16 Å². The molecule has 1 atom stereocenters. The number of thiophene rings is 1. The van der Waals surface area contributed by atoms with Crippen LogP contribution in [0, 0.1) is 18.3 Å². The first-order chi connectivity index (χ1) is 15.1. The maximum atomic E-state index is 12.9. The van der Waals surface area contributed by atoms with Crippen molar-refractivity contribution in [3.8, 4) is 6.07 Å². The van der Waals surface area contributed by atoms with E-state index in [1.807, 2.05) is 36.6 Å². The average molecular weight is 452 g/mol. The van der Waals surface area contributed by atoms with Crippen LogP contribution in [0.3, 0.4) is 0 Å². The summed E-state index contributed by atoms with van der Waals surface area (Å²) in [5.41, 5.74) is 2.94. The molecule has 0 spiro atoms. The lowest BCUT2D eigenvalue weighted by molar-refractivity contribution is -0.115. The number of thioether (sulfide) groups is 1. The third kappa shape index (κ3) is 4.83. The second-order valence-electron chi connectivity index (χ2n) is 7.73. The van der Waals surface area contributed by atoms with Crippen LogP contribution in [0.15, 0.2) is 35.5 Å². The molecule has 6 nitrogen and oxygen atoms in total. The van der Waals surface area contributed by atoms with Gasteiger partial charge in [0.1, 0.15) is 16.9 Å². The van der Waals surface area contributed by atoms with Crippen molar-refractivity contribution in [3.05, 3.63) is 57.7 Å². The van der Waals surface area contributed by atoms with Crippen LogP contribution in [0.2, 0.25) is 0 Å². The zero-order valence-electron chi connectivity index (χ0n) is 17.7. The second-order valence-corrected chi connectivity index (χ2v) is 10.1. The minimum atomic E-state index is -0.369. The molecule has 0 radical (unpaired) electrons. The highest BCUT2D eigenvalue weighted by Gasteiger charge is 2.24. The van der Waals surface area contributed by atoms with Crippen molar-refractivity contribution in [2.24, 2.45) is 0 Å². The minimum absolute atomic E-state index is 0.121. The number of carbonyl (C=O) groups is 1. The van der Waals surface area contributed by atoms with Gasteiger partial charge in [0.05, 0.1) is 17.4 Å². The number of nitriles is 1. The molecule has 3 aromatic rings. The Morgan fingerprint density at radius 1 is 1.26 bits per heavy atom. The molecular formula is C23H25N5OS2. The van der Waals surface area contributed by atoms with Crippen molar-refractivity contribution >= 4 is 34.0 Å². The summed E-state index contributed by atoms with van der Waals surface area (Å²) >= 11 is 2.95. The van der Waals surface area contributed by atoms with Gasteiger partial charge in [-0.25, -0.2) is 0 Å². The van der Waals surface area contributed by atoms with Crippen LogP contribution >= 0.6 is 23.1 Å². The van der Waals surface area contributed by atoms with Gasteiger partial charge in [-0.3, -0.25) is 4.79 Å². The lowest BCUT2D eigenvalue weighted by Gasteiger charge is -2.13. The van der Waals surface area contributed by atoms with E-state index >= 15 is 0 Å². The normalized spacial score (nSPS) is 14.4. The summed E-state index contributed by atoms with van der Waals surface area (Å²) in [6.07, 6.45) is 5.38. The standard InChI is InChI=1S/C23H25N5OS2/c1-15(30-23-27-26-16(2)28(23)14-17-9-5-3-6-10-17)21(29)25-22-19(13-24)18-11-7-4-8-12-20(18)31-22/h3,5-6,9-10,15H,4,7-8,11-12,14H2,1-2H3,(H,25,29). The number of nitrogens with one attached hydrogen (secondary N) is 1. The molecule has 1 unspecified atom stereocenters. The van der Waals surface area contributed by atoms with Crippen LogP contribution < -0.4 is 5.32 Å². The van der Waals surface area contributed by atoms with Gasteiger partial charge in [0.2, 0.25) is 5.91 Å². The number of carbonyl (C=O) groups excluding carboxylic acids is 1. The molecule has 2 heterocycles. The van der Waals surface area contributed by atoms with Crippen molar-refractivity contribution in [1.29, 1.82) is 5.26 Å². The first kappa shape index (κ1) is 21.6.